The Labute approximate surface area is 118 Å². The number of rotatable bonds is 0. The molecule has 0 amide bonds. The van der Waals surface area contributed by atoms with Gasteiger partial charge in [-0.05, 0) is 51.7 Å². The summed E-state index contributed by atoms with van der Waals surface area (Å²) < 4.78 is 0. The third-order valence-electron chi connectivity index (χ3n) is 4.25. The van der Waals surface area contributed by atoms with Crippen LogP contribution in [0.3, 0.4) is 0 Å². The average Bonchev–Trinajstić information content (AvgIpc) is 2.46. The largest absolute Gasteiger partial charge is 0.0613 e. The number of aryl methyl sites for hydroxylation is 2. The zero-order valence-corrected chi connectivity index (χ0v) is 11.8. The van der Waals surface area contributed by atoms with E-state index < -0.39 is 0 Å². The van der Waals surface area contributed by atoms with Crippen molar-refractivity contribution in [3.63, 3.8) is 0 Å². The first kappa shape index (κ1) is 11.5. The summed E-state index contributed by atoms with van der Waals surface area (Å²) in [5, 5.41) is 8.07. The van der Waals surface area contributed by atoms with E-state index in [0.717, 1.165) is 0 Å². The van der Waals surface area contributed by atoms with E-state index in [-0.39, 0.29) is 0 Å². The van der Waals surface area contributed by atoms with Crippen molar-refractivity contribution in [2.45, 2.75) is 13.8 Å². The summed E-state index contributed by atoms with van der Waals surface area (Å²) in [6.45, 7) is 4.33. The Kier molecular flexibility index (Phi) is 2.34. The van der Waals surface area contributed by atoms with Crippen molar-refractivity contribution in [3.8, 4) is 0 Å². The first-order valence-electron chi connectivity index (χ1n) is 7.05. The molecule has 0 heterocycles. The molecule has 0 aliphatic heterocycles. The summed E-state index contributed by atoms with van der Waals surface area (Å²) in [4.78, 5) is 0. The second kappa shape index (κ2) is 4.08. The molecular formula is C20H16. The summed E-state index contributed by atoms with van der Waals surface area (Å²) in [5.74, 6) is 0. The van der Waals surface area contributed by atoms with Crippen molar-refractivity contribution in [2.75, 3.05) is 0 Å². The minimum absolute atomic E-state index is 1.31. The highest BCUT2D eigenvalue weighted by atomic mass is 14.1. The van der Waals surface area contributed by atoms with Gasteiger partial charge in [-0.2, -0.15) is 0 Å². The van der Waals surface area contributed by atoms with Gasteiger partial charge in [0.25, 0.3) is 0 Å². The van der Waals surface area contributed by atoms with Gasteiger partial charge in [0, 0.05) is 0 Å². The maximum Gasteiger partial charge on any atom is -0.00989 e. The minimum Gasteiger partial charge on any atom is -0.0613 e. The average molecular weight is 256 g/mol. The SMILES string of the molecule is Cc1ccc2c(ccc3c4cccc(C)c4ccc23)c1. The number of hydrogen-bond donors (Lipinski definition) is 0. The van der Waals surface area contributed by atoms with Gasteiger partial charge >= 0.3 is 0 Å². The van der Waals surface area contributed by atoms with Gasteiger partial charge in [-0.1, -0.05) is 66.2 Å². The van der Waals surface area contributed by atoms with E-state index in [4.69, 9.17) is 0 Å². The Hall–Kier alpha value is -2.34. The molecule has 0 nitrogen and oxygen atoms in total. The molecule has 4 rings (SSSR count). The number of benzene rings is 4. The summed E-state index contributed by atoms with van der Waals surface area (Å²) in [7, 11) is 0. The maximum absolute atomic E-state index is 2.27. The van der Waals surface area contributed by atoms with Crippen molar-refractivity contribution in [3.05, 3.63) is 71.8 Å². The van der Waals surface area contributed by atoms with E-state index in [9.17, 15) is 0 Å². The van der Waals surface area contributed by atoms with E-state index in [1.807, 2.05) is 0 Å². The molecule has 0 fully saturated rings. The second-order valence-corrected chi connectivity index (χ2v) is 5.62. The van der Waals surface area contributed by atoms with E-state index in [1.165, 1.54) is 43.4 Å². The molecule has 20 heavy (non-hydrogen) atoms. The standard InChI is InChI=1S/C20H16/c1-13-6-8-17-15(12-13)7-9-20-18-5-3-4-14(2)16(18)10-11-19(17)20/h3-12H,1-2H3. The van der Waals surface area contributed by atoms with Crippen LogP contribution in [-0.4, -0.2) is 0 Å². The van der Waals surface area contributed by atoms with E-state index in [1.54, 1.807) is 0 Å². The van der Waals surface area contributed by atoms with Crippen LogP contribution in [0, 0.1) is 13.8 Å². The fraction of sp³-hybridized carbons (Fsp3) is 0.100. The number of fused-ring (bicyclic) bond motifs is 5. The van der Waals surface area contributed by atoms with Crippen LogP contribution in [0.25, 0.3) is 32.3 Å². The molecule has 0 unspecified atom stereocenters. The Morgan fingerprint density at radius 3 is 2.10 bits per heavy atom. The third kappa shape index (κ3) is 1.55. The van der Waals surface area contributed by atoms with E-state index >= 15 is 0 Å². The highest BCUT2D eigenvalue weighted by molar-refractivity contribution is 6.17. The van der Waals surface area contributed by atoms with Crippen LogP contribution in [-0.2, 0) is 0 Å². The van der Waals surface area contributed by atoms with Crippen LogP contribution in [0.2, 0.25) is 0 Å². The third-order valence-corrected chi connectivity index (χ3v) is 4.25. The topological polar surface area (TPSA) is 0 Å². The molecule has 0 heteroatoms. The first-order chi connectivity index (χ1) is 9.74. The fourth-order valence-corrected chi connectivity index (χ4v) is 3.19. The molecule has 0 aliphatic rings. The van der Waals surface area contributed by atoms with E-state index in [2.05, 4.69) is 74.5 Å². The normalized spacial score (nSPS) is 11.5. The molecule has 0 aliphatic carbocycles. The Morgan fingerprint density at radius 2 is 1.20 bits per heavy atom. The van der Waals surface area contributed by atoms with Gasteiger partial charge in [0.2, 0.25) is 0 Å². The van der Waals surface area contributed by atoms with Crippen molar-refractivity contribution >= 4 is 32.3 Å². The lowest BCUT2D eigenvalue weighted by atomic mass is 9.95. The van der Waals surface area contributed by atoms with Crippen molar-refractivity contribution in [1.82, 2.24) is 0 Å². The molecule has 0 N–H and O–H groups in total. The van der Waals surface area contributed by atoms with Gasteiger partial charge in [0.1, 0.15) is 0 Å². The molecular weight excluding hydrogens is 240 g/mol. The molecule has 0 saturated carbocycles. The highest BCUT2D eigenvalue weighted by Gasteiger charge is 2.05. The predicted molar refractivity (Wildman–Crippen MR) is 88.4 cm³/mol. The van der Waals surface area contributed by atoms with Crippen LogP contribution >= 0.6 is 0 Å². The smallest absolute Gasteiger partial charge is 0.00989 e. The predicted octanol–water partition coefficient (Wildman–Crippen LogP) is 5.76. The molecule has 4 aromatic carbocycles. The summed E-state index contributed by atoms with van der Waals surface area (Å²) in [6, 6.07) is 22.3. The van der Waals surface area contributed by atoms with Gasteiger partial charge in [0.15, 0.2) is 0 Å². The van der Waals surface area contributed by atoms with Crippen LogP contribution < -0.4 is 0 Å². The lowest BCUT2D eigenvalue weighted by Crippen LogP contribution is -1.83. The quantitative estimate of drug-likeness (QED) is 0.351. The van der Waals surface area contributed by atoms with Gasteiger partial charge in [0.05, 0.1) is 0 Å². The van der Waals surface area contributed by atoms with Gasteiger partial charge in [-0.15, -0.1) is 0 Å². The lowest BCUT2D eigenvalue weighted by molar-refractivity contribution is 1.51. The summed E-state index contributed by atoms with van der Waals surface area (Å²) in [5.41, 5.74) is 2.65. The fourth-order valence-electron chi connectivity index (χ4n) is 3.19. The van der Waals surface area contributed by atoms with Gasteiger partial charge in [-0.25, -0.2) is 0 Å². The molecule has 0 bridgehead atoms. The van der Waals surface area contributed by atoms with Crippen molar-refractivity contribution < 1.29 is 0 Å². The van der Waals surface area contributed by atoms with Crippen LogP contribution in [0.4, 0.5) is 0 Å². The zero-order chi connectivity index (χ0) is 13.7. The van der Waals surface area contributed by atoms with Gasteiger partial charge < -0.3 is 0 Å². The molecule has 0 saturated heterocycles. The minimum atomic E-state index is 1.31. The monoisotopic (exact) mass is 256 g/mol. The molecule has 0 aromatic heterocycles. The van der Waals surface area contributed by atoms with Crippen LogP contribution in [0.5, 0.6) is 0 Å². The van der Waals surface area contributed by atoms with E-state index in [0.29, 0.717) is 0 Å². The van der Waals surface area contributed by atoms with Crippen LogP contribution in [0.15, 0.2) is 60.7 Å². The Balaban J connectivity index is 2.25. The first-order valence-corrected chi connectivity index (χ1v) is 7.05. The van der Waals surface area contributed by atoms with Crippen LogP contribution in [0.1, 0.15) is 11.1 Å². The maximum atomic E-state index is 2.27. The molecule has 96 valence electrons. The summed E-state index contributed by atoms with van der Waals surface area (Å²) in [6.07, 6.45) is 0. The lowest BCUT2D eigenvalue weighted by Gasteiger charge is -2.09. The Bertz CT molecular complexity index is 962. The highest BCUT2D eigenvalue weighted by Crippen LogP contribution is 2.32. The summed E-state index contributed by atoms with van der Waals surface area (Å²) >= 11 is 0. The zero-order valence-electron chi connectivity index (χ0n) is 11.8. The molecule has 0 atom stereocenters. The van der Waals surface area contributed by atoms with Gasteiger partial charge in [-0.3, -0.25) is 0 Å². The number of hydrogen-bond acceptors (Lipinski definition) is 0. The Morgan fingerprint density at radius 1 is 0.550 bits per heavy atom. The molecule has 4 aromatic rings. The molecule has 0 radical (unpaired) electrons. The second-order valence-electron chi connectivity index (χ2n) is 5.62. The molecule has 0 spiro atoms. The van der Waals surface area contributed by atoms with Crippen molar-refractivity contribution in [2.24, 2.45) is 0 Å². The van der Waals surface area contributed by atoms with Crippen molar-refractivity contribution in [1.29, 1.82) is 0 Å².